The summed E-state index contributed by atoms with van der Waals surface area (Å²) in [4.78, 5) is 4.43. The highest BCUT2D eigenvalue weighted by Crippen LogP contribution is 2.32. The van der Waals surface area contributed by atoms with Crippen molar-refractivity contribution < 1.29 is 9.47 Å². The fraction of sp³-hybridized carbons (Fsp3) is 0.250. The van der Waals surface area contributed by atoms with E-state index in [1.807, 2.05) is 0 Å². The van der Waals surface area contributed by atoms with E-state index in [9.17, 15) is 0 Å². The van der Waals surface area contributed by atoms with Crippen LogP contribution in [0.2, 0.25) is 10.0 Å². The summed E-state index contributed by atoms with van der Waals surface area (Å²) < 4.78 is 10.2. The Labute approximate surface area is 109 Å². The molecular weight excluding hydrogens is 261 g/mol. The maximum atomic E-state index is 6.17. The molecule has 0 saturated carbocycles. The predicted octanol–water partition coefficient (Wildman–Crippen LogP) is 3.70. The smallest absolute Gasteiger partial charge is 0.139 e. The molecule has 2 rings (SSSR count). The van der Waals surface area contributed by atoms with E-state index in [0.29, 0.717) is 22.4 Å². The molecule has 90 valence electrons. The summed E-state index contributed by atoms with van der Waals surface area (Å²) in [5.74, 6) is 0.581. The first-order chi connectivity index (χ1) is 8.15. The number of pyridine rings is 1. The number of ether oxygens (including phenoxy) is 2. The highest BCUT2D eigenvalue weighted by atomic mass is 35.5. The molecule has 0 saturated heterocycles. The van der Waals surface area contributed by atoms with Crippen LogP contribution >= 0.6 is 23.2 Å². The van der Waals surface area contributed by atoms with Crippen LogP contribution in [0.25, 0.3) is 10.9 Å². The SMILES string of the molecule is COCc1cc(Cl)c2cc(Cl)c(OC)cc2n1. The van der Waals surface area contributed by atoms with Crippen LogP contribution in [0.15, 0.2) is 18.2 Å². The van der Waals surface area contributed by atoms with Gasteiger partial charge in [-0.3, -0.25) is 4.98 Å². The van der Waals surface area contributed by atoms with E-state index in [-0.39, 0.29) is 0 Å². The van der Waals surface area contributed by atoms with Crippen LogP contribution in [-0.4, -0.2) is 19.2 Å². The van der Waals surface area contributed by atoms with Gasteiger partial charge in [-0.2, -0.15) is 0 Å². The number of benzene rings is 1. The predicted molar refractivity (Wildman–Crippen MR) is 69.0 cm³/mol. The quantitative estimate of drug-likeness (QED) is 0.853. The van der Waals surface area contributed by atoms with Crippen LogP contribution < -0.4 is 4.74 Å². The Kier molecular flexibility index (Phi) is 3.72. The normalized spacial score (nSPS) is 10.8. The minimum absolute atomic E-state index is 0.417. The molecule has 1 aromatic heterocycles. The van der Waals surface area contributed by atoms with Crippen molar-refractivity contribution in [2.24, 2.45) is 0 Å². The van der Waals surface area contributed by atoms with E-state index >= 15 is 0 Å². The van der Waals surface area contributed by atoms with Crippen LogP contribution in [0, 0.1) is 0 Å². The molecular formula is C12H11Cl2NO2. The summed E-state index contributed by atoms with van der Waals surface area (Å²) in [6.07, 6.45) is 0. The first-order valence-electron chi connectivity index (χ1n) is 4.97. The third-order valence-electron chi connectivity index (χ3n) is 2.38. The van der Waals surface area contributed by atoms with Gasteiger partial charge in [-0.15, -0.1) is 0 Å². The van der Waals surface area contributed by atoms with Gasteiger partial charge in [0.2, 0.25) is 0 Å². The van der Waals surface area contributed by atoms with E-state index in [1.54, 1.807) is 32.4 Å². The number of nitrogens with zero attached hydrogens (tertiary/aromatic N) is 1. The summed E-state index contributed by atoms with van der Waals surface area (Å²) >= 11 is 12.2. The van der Waals surface area contributed by atoms with Crippen LogP contribution in [0.1, 0.15) is 5.69 Å². The lowest BCUT2D eigenvalue weighted by Crippen LogP contribution is -1.94. The summed E-state index contributed by atoms with van der Waals surface area (Å²) in [5, 5.41) is 1.92. The van der Waals surface area contributed by atoms with Crippen LogP contribution in [0.3, 0.4) is 0 Å². The second kappa shape index (κ2) is 5.08. The fourth-order valence-corrected chi connectivity index (χ4v) is 2.13. The Morgan fingerprint density at radius 3 is 2.53 bits per heavy atom. The van der Waals surface area contributed by atoms with Gasteiger partial charge in [-0.1, -0.05) is 23.2 Å². The number of methoxy groups -OCH3 is 2. The molecule has 0 fully saturated rings. The highest BCUT2D eigenvalue weighted by Gasteiger charge is 2.09. The molecule has 1 heterocycles. The monoisotopic (exact) mass is 271 g/mol. The highest BCUT2D eigenvalue weighted by molar-refractivity contribution is 6.37. The Morgan fingerprint density at radius 1 is 1.12 bits per heavy atom. The van der Waals surface area contributed by atoms with Gasteiger partial charge >= 0.3 is 0 Å². The van der Waals surface area contributed by atoms with Crippen molar-refractivity contribution in [3.8, 4) is 5.75 Å². The lowest BCUT2D eigenvalue weighted by Gasteiger charge is -2.08. The second-order valence-electron chi connectivity index (χ2n) is 3.53. The minimum Gasteiger partial charge on any atom is -0.495 e. The van der Waals surface area contributed by atoms with Crippen molar-refractivity contribution in [1.29, 1.82) is 0 Å². The maximum Gasteiger partial charge on any atom is 0.139 e. The van der Waals surface area contributed by atoms with Crippen molar-refractivity contribution in [3.63, 3.8) is 0 Å². The Hall–Kier alpha value is -1.03. The summed E-state index contributed by atoms with van der Waals surface area (Å²) in [7, 11) is 3.18. The molecule has 0 aliphatic heterocycles. The molecule has 0 radical (unpaired) electrons. The lowest BCUT2D eigenvalue weighted by atomic mass is 10.2. The van der Waals surface area contributed by atoms with E-state index < -0.39 is 0 Å². The zero-order chi connectivity index (χ0) is 12.4. The number of hydrogen-bond acceptors (Lipinski definition) is 3. The number of fused-ring (bicyclic) bond motifs is 1. The van der Waals surface area contributed by atoms with Gasteiger partial charge in [-0.25, -0.2) is 0 Å². The average Bonchev–Trinajstić information content (AvgIpc) is 2.30. The Bertz CT molecular complexity index is 558. The van der Waals surface area contributed by atoms with Crippen LogP contribution in [0.5, 0.6) is 5.75 Å². The molecule has 5 heteroatoms. The third-order valence-corrected chi connectivity index (χ3v) is 2.99. The fourth-order valence-electron chi connectivity index (χ4n) is 1.62. The van der Waals surface area contributed by atoms with Gasteiger partial charge in [-0.05, 0) is 12.1 Å². The number of rotatable bonds is 3. The molecule has 0 spiro atoms. The van der Waals surface area contributed by atoms with Crippen molar-refractivity contribution in [2.45, 2.75) is 6.61 Å². The zero-order valence-electron chi connectivity index (χ0n) is 9.46. The Morgan fingerprint density at radius 2 is 1.88 bits per heavy atom. The minimum atomic E-state index is 0.417. The average molecular weight is 272 g/mol. The molecule has 0 atom stereocenters. The molecule has 2 aromatic rings. The molecule has 0 unspecified atom stereocenters. The van der Waals surface area contributed by atoms with Gasteiger partial charge in [0.1, 0.15) is 5.75 Å². The van der Waals surface area contributed by atoms with Crippen molar-refractivity contribution in [1.82, 2.24) is 4.98 Å². The van der Waals surface area contributed by atoms with Gasteiger partial charge in [0.05, 0.1) is 35.0 Å². The zero-order valence-corrected chi connectivity index (χ0v) is 11.0. The molecule has 0 N–H and O–H groups in total. The molecule has 0 amide bonds. The summed E-state index contributed by atoms with van der Waals surface area (Å²) in [5.41, 5.74) is 1.51. The topological polar surface area (TPSA) is 31.4 Å². The van der Waals surface area contributed by atoms with Crippen LogP contribution in [-0.2, 0) is 11.3 Å². The van der Waals surface area contributed by atoms with Crippen molar-refractivity contribution in [3.05, 3.63) is 33.9 Å². The molecule has 0 aliphatic carbocycles. The van der Waals surface area contributed by atoms with Gasteiger partial charge in [0, 0.05) is 18.6 Å². The summed E-state index contributed by atoms with van der Waals surface area (Å²) in [6.45, 7) is 0.417. The molecule has 0 aliphatic rings. The van der Waals surface area contributed by atoms with E-state index in [4.69, 9.17) is 32.7 Å². The number of hydrogen-bond donors (Lipinski definition) is 0. The van der Waals surface area contributed by atoms with Gasteiger partial charge < -0.3 is 9.47 Å². The van der Waals surface area contributed by atoms with Gasteiger partial charge in [0.15, 0.2) is 0 Å². The van der Waals surface area contributed by atoms with Gasteiger partial charge in [0.25, 0.3) is 0 Å². The van der Waals surface area contributed by atoms with Crippen molar-refractivity contribution in [2.75, 3.05) is 14.2 Å². The third kappa shape index (κ3) is 2.46. The largest absolute Gasteiger partial charge is 0.495 e. The number of halogens is 2. The standard InChI is InChI=1S/C12H11Cl2NO2/c1-16-6-7-3-9(13)8-4-10(14)12(17-2)5-11(8)15-7/h3-5H,6H2,1-2H3. The second-order valence-corrected chi connectivity index (χ2v) is 4.35. The van der Waals surface area contributed by atoms with E-state index in [2.05, 4.69) is 4.98 Å². The first-order valence-corrected chi connectivity index (χ1v) is 5.73. The molecule has 1 aromatic carbocycles. The molecule has 17 heavy (non-hydrogen) atoms. The lowest BCUT2D eigenvalue weighted by molar-refractivity contribution is 0.182. The van der Waals surface area contributed by atoms with E-state index in [1.165, 1.54) is 0 Å². The molecule has 3 nitrogen and oxygen atoms in total. The van der Waals surface area contributed by atoms with E-state index in [0.717, 1.165) is 16.6 Å². The number of aromatic nitrogens is 1. The first kappa shape index (κ1) is 12.4. The molecule has 0 bridgehead atoms. The summed E-state index contributed by atoms with van der Waals surface area (Å²) in [6, 6.07) is 5.29. The van der Waals surface area contributed by atoms with Crippen LogP contribution in [0.4, 0.5) is 0 Å². The Balaban J connectivity index is 2.65. The van der Waals surface area contributed by atoms with Crippen molar-refractivity contribution >= 4 is 34.1 Å². The maximum absolute atomic E-state index is 6.17.